The second-order valence-corrected chi connectivity index (χ2v) is 8.65. The van der Waals surface area contributed by atoms with Crippen LogP contribution in [0, 0.1) is 11.7 Å². The normalized spacial score (nSPS) is 16.7. The fourth-order valence-corrected chi connectivity index (χ4v) is 4.30. The Morgan fingerprint density at radius 3 is 2.74 bits per heavy atom. The first-order chi connectivity index (χ1) is 16.4. The Balaban J connectivity index is 1.31. The van der Waals surface area contributed by atoms with Gasteiger partial charge >= 0.3 is 6.03 Å². The quantitative estimate of drug-likeness (QED) is 0.582. The van der Waals surface area contributed by atoms with Crippen molar-refractivity contribution in [1.82, 2.24) is 30.4 Å². The summed E-state index contributed by atoms with van der Waals surface area (Å²) in [5.74, 6) is 0.521. The number of aromatic nitrogens is 4. The molecule has 0 spiro atoms. The lowest BCUT2D eigenvalue weighted by molar-refractivity contribution is -0.134. The smallest absolute Gasteiger partial charge is 0.319 e. The van der Waals surface area contributed by atoms with Crippen LogP contribution in [0.15, 0.2) is 48.5 Å². The molecule has 3 aromatic rings. The van der Waals surface area contributed by atoms with Crippen LogP contribution in [-0.2, 0) is 18.3 Å². The fraction of sp³-hybridized carbons (Fsp3) is 0.375. The largest absolute Gasteiger partial charge is 0.341 e. The molecule has 0 unspecified atom stereocenters. The van der Waals surface area contributed by atoms with Gasteiger partial charge in [0.1, 0.15) is 11.9 Å². The van der Waals surface area contributed by atoms with E-state index in [2.05, 4.69) is 26.2 Å². The third-order valence-electron chi connectivity index (χ3n) is 5.99. The maximum atomic E-state index is 13.2. The van der Waals surface area contributed by atoms with Crippen molar-refractivity contribution >= 4 is 17.6 Å². The lowest BCUT2D eigenvalue weighted by Gasteiger charge is -2.34. The number of rotatable bonds is 6. The number of aryl methyl sites for hydroxylation is 1. The second-order valence-electron chi connectivity index (χ2n) is 8.65. The predicted molar refractivity (Wildman–Crippen MR) is 125 cm³/mol. The summed E-state index contributed by atoms with van der Waals surface area (Å²) in [5, 5.41) is 16.9. The number of nitrogens with one attached hydrogen (secondary N) is 2. The summed E-state index contributed by atoms with van der Waals surface area (Å²) in [7, 11) is 1.74. The molecule has 4 rings (SSSR count). The van der Waals surface area contributed by atoms with Crippen LogP contribution < -0.4 is 10.6 Å². The molecule has 2 N–H and O–H groups in total. The number of urea groups is 1. The number of hydrogen-bond donors (Lipinski definition) is 2. The maximum absolute atomic E-state index is 13.2. The summed E-state index contributed by atoms with van der Waals surface area (Å²) in [5.41, 5.74) is 2.38. The number of tetrazole rings is 1. The van der Waals surface area contributed by atoms with Gasteiger partial charge in [0, 0.05) is 31.4 Å². The SMILES string of the molecule is C[C@@H](NC(=O)Nc1cccc(-c2nnnn2C)c1)C(=O)N1CCC[C@@H](Cc2ccc(F)cc2)C1. The topological polar surface area (TPSA) is 105 Å². The van der Waals surface area contributed by atoms with Gasteiger partial charge in [-0.1, -0.05) is 24.3 Å². The number of anilines is 1. The van der Waals surface area contributed by atoms with Crippen LogP contribution in [0.4, 0.5) is 14.9 Å². The van der Waals surface area contributed by atoms with E-state index < -0.39 is 12.1 Å². The summed E-state index contributed by atoms with van der Waals surface area (Å²) in [4.78, 5) is 27.3. The first-order valence-electron chi connectivity index (χ1n) is 11.3. The Bertz CT molecular complexity index is 1150. The molecule has 3 amide bonds. The number of benzene rings is 2. The minimum Gasteiger partial charge on any atom is -0.341 e. The maximum Gasteiger partial charge on any atom is 0.319 e. The van der Waals surface area contributed by atoms with Crippen molar-refractivity contribution in [2.45, 2.75) is 32.2 Å². The third kappa shape index (κ3) is 5.75. The highest BCUT2D eigenvalue weighted by atomic mass is 19.1. The molecule has 10 heteroatoms. The first-order valence-corrected chi connectivity index (χ1v) is 11.3. The van der Waals surface area contributed by atoms with E-state index >= 15 is 0 Å². The van der Waals surface area contributed by atoms with Crippen LogP contribution in [0.5, 0.6) is 0 Å². The van der Waals surface area contributed by atoms with Gasteiger partial charge in [0.05, 0.1) is 0 Å². The van der Waals surface area contributed by atoms with Gasteiger partial charge in [-0.2, -0.15) is 0 Å². The molecule has 0 saturated carbocycles. The fourth-order valence-electron chi connectivity index (χ4n) is 4.30. The third-order valence-corrected chi connectivity index (χ3v) is 5.99. The molecular formula is C24H28FN7O2. The lowest BCUT2D eigenvalue weighted by Crippen LogP contribution is -2.51. The van der Waals surface area contributed by atoms with Crippen LogP contribution in [0.2, 0.25) is 0 Å². The molecule has 0 aliphatic carbocycles. The molecule has 1 saturated heterocycles. The van der Waals surface area contributed by atoms with E-state index in [1.165, 1.54) is 12.1 Å². The number of halogens is 1. The van der Waals surface area contributed by atoms with Crippen molar-refractivity contribution in [3.05, 3.63) is 59.9 Å². The predicted octanol–water partition coefficient (Wildman–Crippen LogP) is 3.01. The van der Waals surface area contributed by atoms with Crippen molar-refractivity contribution < 1.29 is 14.0 Å². The van der Waals surface area contributed by atoms with Crippen molar-refractivity contribution in [2.75, 3.05) is 18.4 Å². The minimum absolute atomic E-state index is 0.113. The van der Waals surface area contributed by atoms with Crippen LogP contribution in [-0.4, -0.2) is 56.2 Å². The van der Waals surface area contributed by atoms with Gasteiger partial charge in [-0.05, 0) is 72.4 Å². The van der Waals surface area contributed by atoms with Gasteiger partial charge in [0.15, 0.2) is 5.82 Å². The number of nitrogens with zero attached hydrogens (tertiary/aromatic N) is 5. The number of carbonyl (C=O) groups excluding carboxylic acids is 2. The molecule has 9 nitrogen and oxygen atoms in total. The number of piperidine rings is 1. The van der Waals surface area contributed by atoms with Crippen molar-refractivity contribution in [1.29, 1.82) is 0 Å². The zero-order valence-corrected chi connectivity index (χ0v) is 19.2. The first kappa shape index (κ1) is 23.3. The molecule has 2 aromatic carbocycles. The molecule has 1 fully saturated rings. The van der Waals surface area contributed by atoms with Crippen LogP contribution >= 0.6 is 0 Å². The molecule has 1 aliphatic rings. The molecule has 2 heterocycles. The Labute approximate surface area is 197 Å². The van der Waals surface area contributed by atoms with Crippen molar-refractivity contribution in [3.63, 3.8) is 0 Å². The number of likely N-dealkylation sites (tertiary alicyclic amines) is 1. The Morgan fingerprint density at radius 2 is 2.00 bits per heavy atom. The van der Waals surface area contributed by atoms with E-state index in [-0.39, 0.29) is 11.7 Å². The Hall–Kier alpha value is -3.82. The molecule has 1 aromatic heterocycles. The van der Waals surface area contributed by atoms with Crippen LogP contribution in [0.1, 0.15) is 25.3 Å². The summed E-state index contributed by atoms with van der Waals surface area (Å²) in [6, 6.07) is 12.5. The Kier molecular flexibility index (Phi) is 7.15. The van der Waals surface area contributed by atoms with Gasteiger partial charge < -0.3 is 15.5 Å². The average Bonchev–Trinajstić information content (AvgIpc) is 3.26. The molecular weight excluding hydrogens is 437 g/mol. The highest BCUT2D eigenvalue weighted by Crippen LogP contribution is 2.22. The monoisotopic (exact) mass is 465 g/mol. The molecule has 0 bridgehead atoms. The van der Waals surface area contributed by atoms with E-state index in [4.69, 9.17) is 0 Å². The second kappa shape index (κ2) is 10.4. The zero-order chi connectivity index (χ0) is 24.1. The highest BCUT2D eigenvalue weighted by Gasteiger charge is 2.27. The van der Waals surface area contributed by atoms with Crippen LogP contribution in [0.3, 0.4) is 0 Å². The van der Waals surface area contributed by atoms with E-state index in [9.17, 15) is 14.0 Å². The summed E-state index contributed by atoms with van der Waals surface area (Å²) in [6.45, 7) is 2.98. The number of hydrogen-bond acceptors (Lipinski definition) is 5. The highest BCUT2D eigenvalue weighted by molar-refractivity contribution is 5.94. The molecule has 0 radical (unpaired) electrons. The van der Waals surface area contributed by atoms with Gasteiger partial charge in [-0.15, -0.1) is 5.10 Å². The van der Waals surface area contributed by atoms with Gasteiger partial charge in [-0.3, -0.25) is 4.79 Å². The number of carbonyl (C=O) groups is 2. The molecule has 178 valence electrons. The summed E-state index contributed by atoms with van der Waals surface area (Å²) >= 11 is 0. The summed E-state index contributed by atoms with van der Waals surface area (Å²) in [6.07, 6.45) is 2.71. The standard InChI is InChI=1S/C24H28FN7O2/c1-16(23(33)32-12-4-5-18(15-32)13-17-8-10-20(25)11-9-17)26-24(34)27-21-7-3-6-19(14-21)22-28-29-30-31(22)2/h3,6-11,14,16,18H,4-5,12-13,15H2,1-2H3,(H2,26,27,34)/t16-,18+/m1/s1. The van der Waals surface area contributed by atoms with E-state index in [1.807, 2.05) is 11.0 Å². The van der Waals surface area contributed by atoms with E-state index in [1.54, 1.807) is 49.0 Å². The van der Waals surface area contributed by atoms with Gasteiger partial charge in [-0.25, -0.2) is 13.9 Å². The van der Waals surface area contributed by atoms with E-state index in [0.29, 0.717) is 30.5 Å². The van der Waals surface area contributed by atoms with Crippen LogP contribution in [0.25, 0.3) is 11.4 Å². The minimum atomic E-state index is -0.671. The summed E-state index contributed by atoms with van der Waals surface area (Å²) < 4.78 is 14.7. The molecule has 2 atom stereocenters. The zero-order valence-electron chi connectivity index (χ0n) is 19.2. The van der Waals surface area contributed by atoms with E-state index in [0.717, 1.165) is 30.4 Å². The molecule has 34 heavy (non-hydrogen) atoms. The average molecular weight is 466 g/mol. The lowest BCUT2D eigenvalue weighted by atomic mass is 9.91. The molecule has 1 aliphatic heterocycles. The number of amides is 3. The van der Waals surface area contributed by atoms with Crippen molar-refractivity contribution in [2.24, 2.45) is 13.0 Å². The van der Waals surface area contributed by atoms with Gasteiger partial charge in [0.25, 0.3) is 0 Å². The Morgan fingerprint density at radius 1 is 1.21 bits per heavy atom. The van der Waals surface area contributed by atoms with Gasteiger partial charge in [0.2, 0.25) is 5.91 Å². The van der Waals surface area contributed by atoms with Crippen molar-refractivity contribution in [3.8, 4) is 11.4 Å².